The van der Waals surface area contributed by atoms with Crippen LogP contribution in [0.5, 0.6) is 0 Å². The summed E-state index contributed by atoms with van der Waals surface area (Å²) in [6.45, 7) is 6.86. The van der Waals surface area contributed by atoms with E-state index in [1.165, 1.54) is 6.42 Å². The van der Waals surface area contributed by atoms with Crippen LogP contribution in [0.1, 0.15) is 52.9 Å². The molecule has 6 heteroatoms. The highest BCUT2D eigenvalue weighted by Gasteiger charge is 2.30. The highest BCUT2D eigenvalue weighted by atomic mass is 79.9. The zero-order valence-electron chi connectivity index (χ0n) is 14.0. The molecule has 23 heavy (non-hydrogen) atoms. The molecule has 1 aromatic carbocycles. The number of hydrazone groups is 1. The van der Waals surface area contributed by atoms with Crippen LogP contribution in [0.15, 0.2) is 38.7 Å². The first-order valence-corrected chi connectivity index (χ1v) is 10.3. The SMILES string of the molecule is CCC(C)(C)C1CCC(=NNS(=O)(=O)c2ccc(Br)cc2)CC1. The van der Waals surface area contributed by atoms with Crippen LogP contribution < -0.4 is 4.83 Å². The Morgan fingerprint density at radius 2 is 1.78 bits per heavy atom. The van der Waals surface area contributed by atoms with Gasteiger partial charge in [-0.15, -0.1) is 0 Å². The topological polar surface area (TPSA) is 58.5 Å². The molecule has 0 saturated heterocycles. The third kappa shape index (κ3) is 4.80. The molecule has 0 bridgehead atoms. The number of hydrogen-bond donors (Lipinski definition) is 1. The molecule has 0 amide bonds. The van der Waals surface area contributed by atoms with Crippen molar-refractivity contribution >= 4 is 31.7 Å². The van der Waals surface area contributed by atoms with Gasteiger partial charge in [-0.3, -0.25) is 0 Å². The fraction of sp³-hybridized carbons (Fsp3) is 0.588. The van der Waals surface area contributed by atoms with E-state index in [1.807, 2.05) is 0 Å². The van der Waals surface area contributed by atoms with Gasteiger partial charge in [0.2, 0.25) is 0 Å². The first-order chi connectivity index (χ1) is 10.7. The third-order valence-electron chi connectivity index (χ3n) is 5.03. The number of sulfonamides is 1. The lowest BCUT2D eigenvalue weighted by molar-refractivity contribution is 0.176. The van der Waals surface area contributed by atoms with E-state index in [9.17, 15) is 8.42 Å². The normalized spacial score (nSPS) is 19.5. The fourth-order valence-corrected chi connectivity index (χ4v) is 4.04. The lowest BCUT2D eigenvalue weighted by Gasteiger charge is -2.36. The van der Waals surface area contributed by atoms with E-state index in [0.29, 0.717) is 11.3 Å². The summed E-state index contributed by atoms with van der Waals surface area (Å²) in [5.74, 6) is 0.689. The number of nitrogens with one attached hydrogen (secondary N) is 1. The van der Waals surface area contributed by atoms with Crippen molar-refractivity contribution in [1.29, 1.82) is 0 Å². The average molecular weight is 401 g/mol. The van der Waals surface area contributed by atoms with E-state index < -0.39 is 10.0 Å². The lowest BCUT2D eigenvalue weighted by Crippen LogP contribution is -2.29. The Kier molecular flexibility index (Phi) is 5.89. The lowest BCUT2D eigenvalue weighted by atomic mass is 9.69. The quantitative estimate of drug-likeness (QED) is 0.727. The summed E-state index contributed by atoms with van der Waals surface area (Å²) in [7, 11) is -3.58. The van der Waals surface area contributed by atoms with Gasteiger partial charge >= 0.3 is 0 Å². The van der Waals surface area contributed by atoms with Crippen molar-refractivity contribution in [3.05, 3.63) is 28.7 Å². The maximum Gasteiger partial charge on any atom is 0.276 e. The van der Waals surface area contributed by atoms with Crippen LogP contribution in [0.4, 0.5) is 0 Å². The average Bonchev–Trinajstić information content (AvgIpc) is 2.54. The van der Waals surface area contributed by atoms with E-state index in [-0.39, 0.29) is 4.90 Å². The molecule has 1 aromatic rings. The van der Waals surface area contributed by atoms with Crippen molar-refractivity contribution in [2.75, 3.05) is 0 Å². The van der Waals surface area contributed by atoms with Crippen LogP contribution in [0, 0.1) is 11.3 Å². The predicted molar refractivity (Wildman–Crippen MR) is 97.9 cm³/mol. The van der Waals surface area contributed by atoms with Gasteiger partial charge in [-0.2, -0.15) is 13.5 Å². The minimum atomic E-state index is -3.58. The molecule has 0 radical (unpaired) electrons. The zero-order valence-corrected chi connectivity index (χ0v) is 16.4. The van der Waals surface area contributed by atoms with Gasteiger partial charge in [0, 0.05) is 10.2 Å². The second-order valence-corrected chi connectivity index (χ2v) is 9.42. The molecule has 0 heterocycles. The molecule has 1 saturated carbocycles. The van der Waals surface area contributed by atoms with E-state index in [1.54, 1.807) is 24.3 Å². The Balaban J connectivity index is 1.98. The monoisotopic (exact) mass is 400 g/mol. The first-order valence-electron chi connectivity index (χ1n) is 8.07. The molecule has 128 valence electrons. The fourth-order valence-electron chi connectivity index (χ4n) is 2.92. The summed E-state index contributed by atoms with van der Waals surface area (Å²) in [6, 6.07) is 6.54. The largest absolute Gasteiger partial charge is 0.276 e. The third-order valence-corrected chi connectivity index (χ3v) is 6.78. The second kappa shape index (κ2) is 7.34. The summed E-state index contributed by atoms with van der Waals surface area (Å²) in [4.78, 5) is 2.60. The molecule has 0 unspecified atom stereocenters. The molecular formula is C17H25BrN2O2S. The first kappa shape index (κ1) is 18.5. The van der Waals surface area contributed by atoms with Gasteiger partial charge in [0.05, 0.1) is 4.90 Å². The minimum Gasteiger partial charge on any atom is -0.200 e. The number of hydrogen-bond acceptors (Lipinski definition) is 3. The van der Waals surface area contributed by atoms with Crippen molar-refractivity contribution in [3.63, 3.8) is 0 Å². The van der Waals surface area contributed by atoms with Gasteiger partial charge in [0.15, 0.2) is 0 Å². The van der Waals surface area contributed by atoms with Crippen LogP contribution >= 0.6 is 15.9 Å². The van der Waals surface area contributed by atoms with Gasteiger partial charge in [0.25, 0.3) is 10.0 Å². The molecule has 2 rings (SSSR count). The van der Waals surface area contributed by atoms with Crippen LogP contribution in [0.25, 0.3) is 0 Å². The number of nitrogens with zero attached hydrogens (tertiary/aromatic N) is 1. The summed E-state index contributed by atoms with van der Waals surface area (Å²) in [5, 5.41) is 4.16. The highest BCUT2D eigenvalue weighted by molar-refractivity contribution is 9.10. The van der Waals surface area contributed by atoms with Gasteiger partial charge < -0.3 is 0 Å². The molecule has 1 N–H and O–H groups in total. The Morgan fingerprint density at radius 3 is 2.30 bits per heavy atom. The Hall–Kier alpha value is -0.880. The van der Waals surface area contributed by atoms with E-state index >= 15 is 0 Å². The maximum atomic E-state index is 12.2. The molecule has 1 aliphatic carbocycles. The molecule has 1 aliphatic rings. The highest BCUT2D eigenvalue weighted by Crippen LogP contribution is 2.39. The Bertz CT molecular complexity index is 656. The summed E-state index contributed by atoms with van der Waals surface area (Å²) in [5.41, 5.74) is 1.30. The van der Waals surface area contributed by atoms with Crippen LogP contribution in [-0.2, 0) is 10.0 Å². The standard InChI is InChI=1S/C17H25BrN2O2S/c1-4-17(2,3)13-5-9-15(10-6-13)19-20-23(21,22)16-11-7-14(18)8-12-16/h7-8,11-13,20H,4-6,9-10H2,1-3H3. The molecule has 4 nitrogen and oxygen atoms in total. The van der Waals surface area contributed by atoms with Crippen LogP contribution in [-0.4, -0.2) is 14.1 Å². The zero-order chi connectivity index (χ0) is 17.1. The maximum absolute atomic E-state index is 12.2. The molecule has 0 atom stereocenters. The van der Waals surface area contributed by atoms with Gasteiger partial charge in [-0.25, -0.2) is 4.83 Å². The molecule has 0 aromatic heterocycles. The molecule has 0 spiro atoms. The number of benzene rings is 1. The smallest absolute Gasteiger partial charge is 0.200 e. The van der Waals surface area contributed by atoms with Gasteiger partial charge in [-0.1, -0.05) is 43.1 Å². The van der Waals surface area contributed by atoms with Crippen molar-refractivity contribution in [3.8, 4) is 0 Å². The van der Waals surface area contributed by atoms with Crippen molar-refractivity contribution in [1.82, 2.24) is 4.83 Å². The van der Waals surface area contributed by atoms with E-state index in [0.717, 1.165) is 35.9 Å². The molecule has 0 aliphatic heterocycles. The second-order valence-electron chi connectivity index (χ2n) is 6.84. The van der Waals surface area contributed by atoms with Gasteiger partial charge in [-0.05, 0) is 61.3 Å². The van der Waals surface area contributed by atoms with Crippen molar-refractivity contribution < 1.29 is 8.42 Å². The molecular weight excluding hydrogens is 376 g/mol. The summed E-state index contributed by atoms with van der Waals surface area (Å²) < 4.78 is 25.3. The number of rotatable bonds is 5. The summed E-state index contributed by atoms with van der Waals surface area (Å²) in [6.07, 6.45) is 5.08. The van der Waals surface area contributed by atoms with Crippen LogP contribution in [0.3, 0.4) is 0 Å². The van der Waals surface area contributed by atoms with Gasteiger partial charge in [0.1, 0.15) is 0 Å². The van der Waals surface area contributed by atoms with Crippen molar-refractivity contribution in [2.24, 2.45) is 16.4 Å². The molecule has 1 fully saturated rings. The Morgan fingerprint density at radius 1 is 1.22 bits per heavy atom. The Labute approximate surface area is 147 Å². The number of halogens is 1. The summed E-state index contributed by atoms with van der Waals surface area (Å²) >= 11 is 3.30. The predicted octanol–water partition coefficient (Wildman–Crippen LogP) is 4.71. The minimum absolute atomic E-state index is 0.228. The van der Waals surface area contributed by atoms with Crippen LogP contribution in [0.2, 0.25) is 0 Å². The van der Waals surface area contributed by atoms with E-state index in [4.69, 9.17) is 0 Å². The van der Waals surface area contributed by atoms with E-state index in [2.05, 4.69) is 46.6 Å². The van der Waals surface area contributed by atoms with Crippen molar-refractivity contribution in [2.45, 2.75) is 57.8 Å².